The predicted molar refractivity (Wildman–Crippen MR) is 78.8 cm³/mol. The largest absolute Gasteiger partial charge is 0.334 e. The maximum absolute atomic E-state index is 4.41. The normalized spacial score (nSPS) is 12.5. The van der Waals surface area contributed by atoms with Gasteiger partial charge in [-0.3, -0.25) is 0 Å². The summed E-state index contributed by atoms with van der Waals surface area (Å²) in [5, 5.41) is 3.63. The van der Waals surface area contributed by atoms with Gasteiger partial charge >= 0.3 is 0 Å². The van der Waals surface area contributed by atoms with E-state index < -0.39 is 0 Å². The smallest absolute Gasteiger partial charge is 0.122 e. The van der Waals surface area contributed by atoms with Gasteiger partial charge < -0.3 is 9.88 Å². The molecule has 3 nitrogen and oxygen atoms in total. The molecule has 1 heterocycles. The van der Waals surface area contributed by atoms with Gasteiger partial charge in [0.15, 0.2) is 0 Å². The Balaban J connectivity index is 2.02. The Hall–Kier alpha value is -1.61. The standard InChI is InChI=1S/C16H23N3/c1-3-8-15(14-9-6-5-7-10-14)18-13-16-17-11-12-19(16)4-2/h5-7,9-12,15,18H,3-4,8,13H2,1-2H3. The minimum Gasteiger partial charge on any atom is -0.334 e. The number of hydrogen-bond acceptors (Lipinski definition) is 2. The van der Waals surface area contributed by atoms with E-state index in [9.17, 15) is 0 Å². The minimum atomic E-state index is 0.410. The van der Waals surface area contributed by atoms with Gasteiger partial charge in [-0.1, -0.05) is 43.7 Å². The molecule has 0 bridgehead atoms. The van der Waals surface area contributed by atoms with E-state index in [0.29, 0.717) is 6.04 Å². The molecule has 0 saturated heterocycles. The average molecular weight is 257 g/mol. The maximum atomic E-state index is 4.41. The predicted octanol–water partition coefficient (Wildman–Crippen LogP) is 3.53. The second-order valence-electron chi connectivity index (χ2n) is 4.76. The summed E-state index contributed by atoms with van der Waals surface area (Å²) in [7, 11) is 0. The van der Waals surface area contributed by atoms with Crippen molar-refractivity contribution in [1.29, 1.82) is 0 Å². The molecule has 1 aromatic heterocycles. The molecule has 1 aromatic carbocycles. The highest BCUT2D eigenvalue weighted by Gasteiger charge is 2.10. The van der Waals surface area contributed by atoms with Crippen molar-refractivity contribution in [3.63, 3.8) is 0 Å². The first-order valence-corrected chi connectivity index (χ1v) is 7.13. The fraction of sp³-hybridized carbons (Fsp3) is 0.438. The third-order valence-electron chi connectivity index (χ3n) is 3.43. The van der Waals surface area contributed by atoms with Gasteiger partial charge in [-0.15, -0.1) is 0 Å². The Labute approximate surface area is 115 Å². The van der Waals surface area contributed by atoms with E-state index in [1.807, 2.05) is 12.4 Å². The van der Waals surface area contributed by atoms with Gasteiger partial charge in [0.25, 0.3) is 0 Å². The van der Waals surface area contributed by atoms with Crippen LogP contribution < -0.4 is 5.32 Å². The highest BCUT2D eigenvalue weighted by atomic mass is 15.1. The molecule has 0 spiro atoms. The summed E-state index contributed by atoms with van der Waals surface area (Å²) >= 11 is 0. The van der Waals surface area contributed by atoms with Crippen LogP contribution >= 0.6 is 0 Å². The molecule has 1 N–H and O–H groups in total. The Bertz CT molecular complexity index is 476. The summed E-state index contributed by atoms with van der Waals surface area (Å²) < 4.78 is 2.18. The van der Waals surface area contributed by atoms with Gasteiger partial charge in [0.05, 0.1) is 6.54 Å². The van der Waals surface area contributed by atoms with Crippen LogP contribution in [0.15, 0.2) is 42.7 Å². The van der Waals surface area contributed by atoms with E-state index in [-0.39, 0.29) is 0 Å². The summed E-state index contributed by atoms with van der Waals surface area (Å²) in [4.78, 5) is 4.41. The van der Waals surface area contributed by atoms with Gasteiger partial charge in [0.1, 0.15) is 5.82 Å². The molecule has 2 aromatic rings. The van der Waals surface area contributed by atoms with E-state index in [1.165, 1.54) is 12.0 Å². The van der Waals surface area contributed by atoms with Crippen LogP contribution in [0.3, 0.4) is 0 Å². The molecule has 102 valence electrons. The van der Waals surface area contributed by atoms with Gasteiger partial charge in [-0.2, -0.15) is 0 Å². The van der Waals surface area contributed by atoms with Crippen LogP contribution in [0, 0.1) is 0 Å². The van der Waals surface area contributed by atoms with E-state index in [4.69, 9.17) is 0 Å². The quantitative estimate of drug-likeness (QED) is 0.822. The Morgan fingerprint density at radius 1 is 1.21 bits per heavy atom. The summed E-state index contributed by atoms with van der Waals surface area (Å²) in [5.74, 6) is 1.11. The topological polar surface area (TPSA) is 29.9 Å². The first-order valence-electron chi connectivity index (χ1n) is 7.13. The fourth-order valence-corrected chi connectivity index (χ4v) is 2.37. The van der Waals surface area contributed by atoms with Gasteiger partial charge in [-0.25, -0.2) is 4.98 Å². The van der Waals surface area contributed by atoms with Crippen molar-refractivity contribution in [2.45, 2.75) is 45.8 Å². The van der Waals surface area contributed by atoms with Crippen molar-refractivity contribution >= 4 is 0 Å². The molecular weight excluding hydrogens is 234 g/mol. The highest BCUT2D eigenvalue weighted by Crippen LogP contribution is 2.18. The molecule has 0 aliphatic heterocycles. The van der Waals surface area contributed by atoms with Crippen LogP contribution in [-0.2, 0) is 13.1 Å². The Morgan fingerprint density at radius 2 is 2.00 bits per heavy atom. The van der Waals surface area contributed by atoms with Gasteiger partial charge in [0.2, 0.25) is 0 Å². The molecule has 1 atom stereocenters. The molecule has 19 heavy (non-hydrogen) atoms. The average Bonchev–Trinajstić information content (AvgIpc) is 2.92. The molecule has 0 aliphatic rings. The van der Waals surface area contributed by atoms with Crippen molar-refractivity contribution < 1.29 is 0 Å². The second-order valence-corrected chi connectivity index (χ2v) is 4.76. The van der Waals surface area contributed by atoms with Gasteiger partial charge in [-0.05, 0) is 18.9 Å². The molecule has 0 aliphatic carbocycles. The summed E-state index contributed by atoms with van der Waals surface area (Å²) in [5.41, 5.74) is 1.36. The third-order valence-corrected chi connectivity index (χ3v) is 3.43. The fourth-order valence-electron chi connectivity index (χ4n) is 2.37. The lowest BCUT2D eigenvalue weighted by Gasteiger charge is -2.18. The second kappa shape index (κ2) is 7.10. The highest BCUT2D eigenvalue weighted by molar-refractivity contribution is 5.18. The molecular formula is C16H23N3. The van der Waals surface area contributed by atoms with Gasteiger partial charge in [0, 0.05) is 25.0 Å². The molecule has 0 saturated carbocycles. The summed E-state index contributed by atoms with van der Waals surface area (Å²) in [6, 6.07) is 11.1. The SMILES string of the molecule is CCCC(NCc1nccn1CC)c1ccccc1. The zero-order valence-electron chi connectivity index (χ0n) is 11.8. The van der Waals surface area contributed by atoms with Crippen molar-refractivity contribution in [3.05, 3.63) is 54.1 Å². The number of hydrogen-bond donors (Lipinski definition) is 1. The monoisotopic (exact) mass is 257 g/mol. The van der Waals surface area contributed by atoms with E-state index >= 15 is 0 Å². The lowest BCUT2D eigenvalue weighted by atomic mass is 10.0. The van der Waals surface area contributed by atoms with Crippen LogP contribution in [0.5, 0.6) is 0 Å². The van der Waals surface area contributed by atoms with E-state index in [1.54, 1.807) is 0 Å². The van der Waals surface area contributed by atoms with Crippen molar-refractivity contribution in [2.24, 2.45) is 0 Å². The third kappa shape index (κ3) is 3.67. The van der Waals surface area contributed by atoms with Crippen molar-refractivity contribution in [2.75, 3.05) is 0 Å². The van der Waals surface area contributed by atoms with Crippen LogP contribution in [0.4, 0.5) is 0 Å². The Morgan fingerprint density at radius 3 is 2.68 bits per heavy atom. The van der Waals surface area contributed by atoms with Crippen LogP contribution in [-0.4, -0.2) is 9.55 Å². The summed E-state index contributed by atoms with van der Waals surface area (Å²) in [6.45, 7) is 6.16. The molecule has 0 fully saturated rings. The minimum absolute atomic E-state index is 0.410. The lowest BCUT2D eigenvalue weighted by molar-refractivity contribution is 0.476. The maximum Gasteiger partial charge on any atom is 0.122 e. The first-order chi connectivity index (χ1) is 9.35. The van der Waals surface area contributed by atoms with E-state index in [0.717, 1.165) is 25.3 Å². The number of aryl methyl sites for hydroxylation is 1. The number of nitrogens with one attached hydrogen (secondary N) is 1. The molecule has 1 unspecified atom stereocenters. The Kier molecular flexibility index (Phi) is 5.16. The first kappa shape index (κ1) is 13.8. The molecule has 0 amide bonds. The molecule has 3 heteroatoms. The van der Waals surface area contributed by atoms with E-state index in [2.05, 4.69) is 59.0 Å². The van der Waals surface area contributed by atoms with Crippen molar-refractivity contribution in [3.8, 4) is 0 Å². The molecule has 0 radical (unpaired) electrons. The number of benzene rings is 1. The molecule has 2 rings (SSSR count). The van der Waals surface area contributed by atoms with Crippen molar-refractivity contribution in [1.82, 2.24) is 14.9 Å². The van der Waals surface area contributed by atoms with Crippen LogP contribution in [0.1, 0.15) is 44.1 Å². The number of rotatable bonds is 7. The number of imidazole rings is 1. The summed E-state index contributed by atoms with van der Waals surface area (Å²) in [6.07, 6.45) is 6.23. The zero-order chi connectivity index (χ0) is 13.5. The zero-order valence-corrected chi connectivity index (χ0v) is 11.8. The number of nitrogens with zero attached hydrogens (tertiary/aromatic N) is 2. The van der Waals surface area contributed by atoms with Crippen LogP contribution in [0.2, 0.25) is 0 Å². The number of aromatic nitrogens is 2. The lowest BCUT2D eigenvalue weighted by Crippen LogP contribution is -2.22. The van der Waals surface area contributed by atoms with Crippen LogP contribution in [0.25, 0.3) is 0 Å².